The van der Waals surface area contributed by atoms with E-state index in [0.29, 0.717) is 25.3 Å². The molecule has 4 amide bonds. The molecule has 1 saturated heterocycles. The summed E-state index contributed by atoms with van der Waals surface area (Å²) in [5.74, 6) is 0.221. The van der Waals surface area contributed by atoms with E-state index in [1.54, 1.807) is 0 Å². The molecule has 1 aliphatic rings. The molecule has 7 nitrogen and oxygen atoms in total. The summed E-state index contributed by atoms with van der Waals surface area (Å²) in [6.07, 6.45) is 7.30. The zero-order chi connectivity index (χ0) is 18.7. The normalized spacial score (nSPS) is 20.6. The standard InChI is InChI=1S/C18H34N4O3/c1-3-14-17(22-18(25)21-14)13(2)9-6-7-11-16(24)20-12-8-4-5-10-15(19)23/h13-14,17H,3-12H2,1-2H3,(H2,19,23)(H,20,24)(H2,21,22,25)/t13-,14?,17?/m0/s1. The number of nitrogens with one attached hydrogen (secondary N) is 3. The number of amides is 4. The summed E-state index contributed by atoms with van der Waals surface area (Å²) < 4.78 is 0. The van der Waals surface area contributed by atoms with E-state index < -0.39 is 0 Å². The molecule has 0 bridgehead atoms. The number of hydrogen-bond donors (Lipinski definition) is 4. The smallest absolute Gasteiger partial charge is 0.315 e. The lowest BCUT2D eigenvalue weighted by atomic mass is 9.90. The van der Waals surface area contributed by atoms with E-state index in [-0.39, 0.29) is 29.9 Å². The minimum atomic E-state index is -0.267. The van der Waals surface area contributed by atoms with E-state index in [1.165, 1.54) is 0 Å². The van der Waals surface area contributed by atoms with Crippen molar-refractivity contribution in [3.8, 4) is 0 Å². The van der Waals surface area contributed by atoms with Gasteiger partial charge in [0.1, 0.15) is 0 Å². The van der Waals surface area contributed by atoms with E-state index >= 15 is 0 Å². The monoisotopic (exact) mass is 354 g/mol. The fourth-order valence-corrected chi connectivity index (χ4v) is 3.30. The molecule has 0 aromatic heterocycles. The lowest BCUT2D eigenvalue weighted by Crippen LogP contribution is -2.38. The van der Waals surface area contributed by atoms with Gasteiger partial charge in [-0.15, -0.1) is 0 Å². The van der Waals surface area contributed by atoms with Crippen molar-refractivity contribution in [1.29, 1.82) is 0 Å². The first-order valence-electron chi connectivity index (χ1n) is 9.56. The van der Waals surface area contributed by atoms with Crippen LogP contribution in [-0.4, -0.2) is 36.5 Å². The van der Waals surface area contributed by atoms with E-state index in [2.05, 4.69) is 29.8 Å². The lowest BCUT2D eigenvalue weighted by molar-refractivity contribution is -0.121. The minimum Gasteiger partial charge on any atom is -0.370 e. The van der Waals surface area contributed by atoms with Crippen molar-refractivity contribution in [2.75, 3.05) is 6.54 Å². The summed E-state index contributed by atoms with van der Waals surface area (Å²) in [5.41, 5.74) is 5.07. The zero-order valence-corrected chi connectivity index (χ0v) is 15.6. The highest BCUT2D eigenvalue weighted by Gasteiger charge is 2.33. The molecule has 1 aliphatic heterocycles. The van der Waals surface area contributed by atoms with Gasteiger partial charge in [0.15, 0.2) is 0 Å². The van der Waals surface area contributed by atoms with Gasteiger partial charge in [-0.3, -0.25) is 9.59 Å². The Balaban J connectivity index is 2.04. The predicted molar refractivity (Wildman–Crippen MR) is 97.8 cm³/mol. The van der Waals surface area contributed by atoms with Gasteiger partial charge in [0.2, 0.25) is 11.8 Å². The molecule has 7 heteroatoms. The largest absolute Gasteiger partial charge is 0.370 e. The number of primary amides is 1. The topological polar surface area (TPSA) is 113 Å². The van der Waals surface area contributed by atoms with Crippen molar-refractivity contribution < 1.29 is 14.4 Å². The molecule has 0 aromatic carbocycles. The first kappa shape index (κ1) is 21.3. The molecule has 25 heavy (non-hydrogen) atoms. The molecule has 0 aliphatic carbocycles. The maximum atomic E-state index is 11.8. The van der Waals surface area contributed by atoms with Crippen molar-refractivity contribution in [2.45, 2.75) is 83.7 Å². The van der Waals surface area contributed by atoms with Gasteiger partial charge < -0.3 is 21.7 Å². The van der Waals surface area contributed by atoms with Crippen molar-refractivity contribution in [3.63, 3.8) is 0 Å². The third kappa shape index (κ3) is 8.74. The molecule has 3 atom stereocenters. The van der Waals surface area contributed by atoms with Gasteiger partial charge in [0.25, 0.3) is 0 Å². The Morgan fingerprint density at radius 2 is 1.84 bits per heavy atom. The average molecular weight is 354 g/mol. The van der Waals surface area contributed by atoms with Crippen LogP contribution in [0.5, 0.6) is 0 Å². The highest BCUT2D eigenvalue weighted by atomic mass is 16.2. The van der Waals surface area contributed by atoms with Crippen molar-refractivity contribution in [1.82, 2.24) is 16.0 Å². The maximum absolute atomic E-state index is 11.8. The third-order valence-electron chi connectivity index (χ3n) is 4.84. The van der Waals surface area contributed by atoms with Gasteiger partial charge in [-0.05, 0) is 38.0 Å². The predicted octanol–water partition coefficient (Wildman–Crippen LogP) is 1.80. The number of hydrogen-bond acceptors (Lipinski definition) is 3. The van der Waals surface area contributed by atoms with Crippen LogP contribution in [0.2, 0.25) is 0 Å². The highest BCUT2D eigenvalue weighted by Crippen LogP contribution is 2.20. The Hall–Kier alpha value is -1.79. The summed E-state index contributed by atoms with van der Waals surface area (Å²) in [7, 11) is 0. The maximum Gasteiger partial charge on any atom is 0.315 e. The van der Waals surface area contributed by atoms with Gasteiger partial charge in [-0.2, -0.15) is 0 Å². The van der Waals surface area contributed by atoms with Crippen LogP contribution >= 0.6 is 0 Å². The number of carbonyl (C=O) groups is 3. The van der Waals surface area contributed by atoms with E-state index in [0.717, 1.165) is 44.9 Å². The lowest BCUT2D eigenvalue weighted by Gasteiger charge is -2.23. The summed E-state index contributed by atoms with van der Waals surface area (Å²) in [4.78, 5) is 33.8. The number of carbonyl (C=O) groups excluding carboxylic acids is 3. The molecule has 1 rings (SSSR count). The van der Waals surface area contributed by atoms with Crippen LogP contribution < -0.4 is 21.7 Å². The molecule has 0 aromatic rings. The highest BCUT2D eigenvalue weighted by molar-refractivity contribution is 5.77. The Bertz CT molecular complexity index is 442. The van der Waals surface area contributed by atoms with Crippen LogP contribution in [0.1, 0.15) is 71.6 Å². The quantitative estimate of drug-likeness (QED) is 0.378. The van der Waals surface area contributed by atoms with Gasteiger partial charge in [-0.1, -0.05) is 26.7 Å². The van der Waals surface area contributed by atoms with Crippen LogP contribution in [0.3, 0.4) is 0 Å². The van der Waals surface area contributed by atoms with Crippen molar-refractivity contribution >= 4 is 17.8 Å². The molecule has 0 spiro atoms. The Kier molecular flexibility index (Phi) is 9.96. The number of unbranched alkanes of at least 4 members (excludes halogenated alkanes) is 3. The van der Waals surface area contributed by atoms with E-state index in [4.69, 9.17) is 5.73 Å². The molecular weight excluding hydrogens is 320 g/mol. The minimum absolute atomic E-state index is 0.0705. The molecule has 144 valence electrons. The Morgan fingerprint density at radius 3 is 2.52 bits per heavy atom. The number of rotatable bonds is 13. The number of nitrogens with two attached hydrogens (primary N) is 1. The van der Waals surface area contributed by atoms with Gasteiger partial charge in [-0.25, -0.2) is 4.79 Å². The first-order chi connectivity index (χ1) is 11.9. The molecule has 1 heterocycles. The summed E-state index contributed by atoms with van der Waals surface area (Å²) in [5, 5.41) is 8.86. The molecule has 1 fully saturated rings. The SMILES string of the molecule is CCC1NC(=O)NC1[C@@H](C)CCCCC(=O)NCCCCCC(N)=O. The Labute approximate surface area is 150 Å². The molecule has 2 unspecified atom stereocenters. The second kappa shape index (κ2) is 11.7. The van der Waals surface area contributed by atoms with Crippen LogP contribution in [0.15, 0.2) is 0 Å². The van der Waals surface area contributed by atoms with Crippen LogP contribution in [0.25, 0.3) is 0 Å². The fraction of sp³-hybridized carbons (Fsp3) is 0.833. The van der Waals surface area contributed by atoms with Crippen LogP contribution in [0.4, 0.5) is 4.79 Å². The summed E-state index contributed by atoms with van der Waals surface area (Å²) in [6, 6.07) is 0.325. The van der Waals surface area contributed by atoms with Gasteiger partial charge >= 0.3 is 6.03 Å². The summed E-state index contributed by atoms with van der Waals surface area (Å²) in [6.45, 7) is 4.90. The summed E-state index contributed by atoms with van der Waals surface area (Å²) >= 11 is 0. The fourth-order valence-electron chi connectivity index (χ4n) is 3.30. The molecule has 0 radical (unpaired) electrons. The van der Waals surface area contributed by atoms with Crippen molar-refractivity contribution in [3.05, 3.63) is 0 Å². The van der Waals surface area contributed by atoms with Gasteiger partial charge in [0.05, 0.1) is 12.1 Å². The van der Waals surface area contributed by atoms with E-state index in [9.17, 15) is 14.4 Å². The second-order valence-electron chi connectivity index (χ2n) is 7.01. The molecule has 5 N–H and O–H groups in total. The van der Waals surface area contributed by atoms with Crippen LogP contribution in [0, 0.1) is 5.92 Å². The number of urea groups is 1. The van der Waals surface area contributed by atoms with Crippen molar-refractivity contribution in [2.24, 2.45) is 11.7 Å². The average Bonchev–Trinajstić information content (AvgIpc) is 2.95. The van der Waals surface area contributed by atoms with Gasteiger partial charge in [0, 0.05) is 19.4 Å². The Morgan fingerprint density at radius 1 is 1.12 bits per heavy atom. The third-order valence-corrected chi connectivity index (χ3v) is 4.84. The molecule has 0 saturated carbocycles. The zero-order valence-electron chi connectivity index (χ0n) is 15.6. The molecular formula is C18H34N4O3. The van der Waals surface area contributed by atoms with E-state index in [1.807, 2.05) is 0 Å². The first-order valence-corrected chi connectivity index (χ1v) is 9.56. The van der Waals surface area contributed by atoms with Crippen LogP contribution in [-0.2, 0) is 9.59 Å². The second-order valence-corrected chi connectivity index (χ2v) is 7.01.